The summed E-state index contributed by atoms with van der Waals surface area (Å²) >= 11 is 0. The molecule has 0 unspecified atom stereocenters. The van der Waals surface area contributed by atoms with Crippen molar-refractivity contribution in [1.82, 2.24) is 0 Å². The van der Waals surface area contributed by atoms with Crippen LogP contribution in [0.4, 0.5) is 0 Å². The summed E-state index contributed by atoms with van der Waals surface area (Å²) < 4.78 is 17.1. The Labute approximate surface area is 186 Å². The second-order valence-electron chi connectivity index (χ2n) is 9.23. The average molecular weight is 431 g/mol. The van der Waals surface area contributed by atoms with Crippen molar-refractivity contribution < 1.29 is 24.1 Å². The Balaban J connectivity index is 1.39. The van der Waals surface area contributed by atoms with E-state index in [-0.39, 0.29) is 18.7 Å². The first-order chi connectivity index (χ1) is 15.0. The molecule has 1 aliphatic carbocycles. The fraction of sp³-hybridized carbons (Fsp3) is 0.654. The van der Waals surface area contributed by atoms with E-state index in [0.29, 0.717) is 30.3 Å². The van der Waals surface area contributed by atoms with Crippen molar-refractivity contribution in [3.05, 3.63) is 42.5 Å². The molecule has 1 saturated heterocycles. The van der Waals surface area contributed by atoms with Gasteiger partial charge < -0.3 is 19.3 Å². The van der Waals surface area contributed by atoms with Crippen LogP contribution in [0.15, 0.2) is 42.5 Å². The molecule has 5 atom stereocenters. The largest absolute Gasteiger partial charge is 0.491 e. The number of rotatable bonds is 10. The van der Waals surface area contributed by atoms with Crippen LogP contribution in [-0.4, -0.2) is 42.6 Å². The second kappa shape index (κ2) is 12.3. The Morgan fingerprint density at radius 1 is 1.19 bits per heavy atom. The number of benzene rings is 1. The molecule has 1 aliphatic heterocycles. The van der Waals surface area contributed by atoms with E-state index < -0.39 is 6.10 Å². The fourth-order valence-corrected chi connectivity index (χ4v) is 4.79. The highest BCUT2D eigenvalue weighted by Gasteiger charge is 2.37. The van der Waals surface area contributed by atoms with Crippen LogP contribution < -0.4 is 4.74 Å². The molecular weight excluding hydrogens is 392 g/mol. The number of para-hydroxylation sites is 1. The van der Waals surface area contributed by atoms with Crippen LogP contribution in [0.3, 0.4) is 0 Å². The maximum absolute atomic E-state index is 11.7. The van der Waals surface area contributed by atoms with Crippen molar-refractivity contribution in [3.8, 4) is 5.75 Å². The van der Waals surface area contributed by atoms with E-state index in [1.54, 1.807) is 0 Å². The quantitative estimate of drug-likeness (QED) is 0.421. The summed E-state index contributed by atoms with van der Waals surface area (Å²) in [5.74, 6) is 2.18. The van der Waals surface area contributed by atoms with Crippen molar-refractivity contribution in [2.24, 2.45) is 17.8 Å². The summed E-state index contributed by atoms with van der Waals surface area (Å²) in [6.07, 6.45) is 10.6. The van der Waals surface area contributed by atoms with E-state index >= 15 is 0 Å². The van der Waals surface area contributed by atoms with Gasteiger partial charge in [-0.15, -0.1) is 0 Å². The third-order valence-corrected chi connectivity index (χ3v) is 6.37. The molecule has 0 bridgehead atoms. The van der Waals surface area contributed by atoms with Crippen molar-refractivity contribution in [3.63, 3.8) is 0 Å². The average Bonchev–Trinajstić information content (AvgIpc) is 3.02. The van der Waals surface area contributed by atoms with Crippen LogP contribution in [0.2, 0.25) is 0 Å². The zero-order valence-corrected chi connectivity index (χ0v) is 18.9. The molecule has 1 heterocycles. The van der Waals surface area contributed by atoms with Crippen LogP contribution >= 0.6 is 0 Å². The van der Waals surface area contributed by atoms with E-state index in [4.69, 9.17) is 14.2 Å². The summed E-state index contributed by atoms with van der Waals surface area (Å²) in [4.78, 5) is 11.7. The Kier molecular flexibility index (Phi) is 9.41. The molecule has 5 nitrogen and oxygen atoms in total. The van der Waals surface area contributed by atoms with Gasteiger partial charge in [0.25, 0.3) is 0 Å². The lowest BCUT2D eigenvalue weighted by Gasteiger charge is -2.20. The van der Waals surface area contributed by atoms with E-state index in [1.807, 2.05) is 50.3 Å². The number of carbonyl (C=O) groups excluding carboxylic acids is 1. The number of fused-ring (bicyclic) bond motifs is 1. The van der Waals surface area contributed by atoms with Crippen LogP contribution in [0.1, 0.15) is 58.8 Å². The van der Waals surface area contributed by atoms with E-state index in [2.05, 4.69) is 6.08 Å². The molecule has 0 amide bonds. The van der Waals surface area contributed by atoms with Crippen LogP contribution in [-0.2, 0) is 14.3 Å². The topological polar surface area (TPSA) is 65.0 Å². The van der Waals surface area contributed by atoms with E-state index in [0.717, 1.165) is 50.9 Å². The van der Waals surface area contributed by atoms with Crippen LogP contribution in [0.25, 0.3) is 0 Å². The summed E-state index contributed by atoms with van der Waals surface area (Å²) in [6, 6.07) is 9.58. The van der Waals surface area contributed by atoms with Crippen LogP contribution in [0, 0.1) is 17.8 Å². The highest BCUT2D eigenvalue weighted by molar-refractivity contribution is 5.69. The molecule has 0 spiro atoms. The Morgan fingerprint density at radius 3 is 2.77 bits per heavy atom. The molecule has 1 N–H and O–H groups in total. The number of allylic oxidation sites excluding steroid dienone is 1. The third-order valence-electron chi connectivity index (χ3n) is 6.37. The lowest BCUT2D eigenvalue weighted by molar-refractivity contribution is -0.147. The Morgan fingerprint density at radius 2 is 2.00 bits per heavy atom. The Hall–Kier alpha value is -1.85. The molecule has 31 heavy (non-hydrogen) atoms. The van der Waals surface area contributed by atoms with Crippen molar-refractivity contribution >= 4 is 5.97 Å². The Bertz CT molecular complexity index is 686. The maximum atomic E-state index is 11.7. The highest BCUT2D eigenvalue weighted by Crippen LogP contribution is 2.41. The van der Waals surface area contributed by atoms with E-state index in [9.17, 15) is 9.90 Å². The smallest absolute Gasteiger partial charge is 0.306 e. The lowest BCUT2D eigenvalue weighted by atomic mass is 9.87. The first kappa shape index (κ1) is 23.8. The maximum Gasteiger partial charge on any atom is 0.306 e. The molecule has 1 saturated carbocycles. The normalized spacial score (nSPS) is 27.1. The first-order valence-corrected chi connectivity index (χ1v) is 11.9. The first-order valence-electron chi connectivity index (χ1n) is 11.9. The van der Waals surface area contributed by atoms with Gasteiger partial charge in [0.15, 0.2) is 0 Å². The number of ether oxygens (including phenoxy) is 3. The monoisotopic (exact) mass is 430 g/mol. The molecule has 3 rings (SSSR count). The predicted molar refractivity (Wildman–Crippen MR) is 121 cm³/mol. The minimum absolute atomic E-state index is 0.0403. The summed E-state index contributed by atoms with van der Waals surface area (Å²) in [5.41, 5.74) is 0. The number of aliphatic hydroxyl groups is 1. The molecule has 0 aromatic heterocycles. The molecule has 2 fully saturated rings. The van der Waals surface area contributed by atoms with Crippen LogP contribution in [0.5, 0.6) is 5.75 Å². The lowest BCUT2D eigenvalue weighted by Crippen LogP contribution is -2.20. The standard InChI is InChI=1S/C26H38O5/c1-19(2)31-26(28)10-6-7-20-11-15-24-21(13-16-25(24)30-17-20)12-14-22(27)18-29-23-8-4-3-5-9-23/h3-5,8-9,12,14,19-22,24-25,27H,6-7,10-11,13,15-18H2,1-2H3/b14-12+/t20-,21-,22+,24+,25-/m0/s1. The number of hydrogen-bond donors (Lipinski definition) is 1. The molecule has 2 aliphatic rings. The van der Waals surface area contributed by atoms with Crippen molar-refractivity contribution in [2.75, 3.05) is 13.2 Å². The molecule has 5 heteroatoms. The SMILES string of the molecule is CC(C)OC(=O)CCC[C@H]1CC[C@H]2[C@H](CC[C@@H]2/C=C/[C@@H](O)COc2ccccc2)OC1. The molecular formula is C26H38O5. The zero-order chi connectivity index (χ0) is 22.1. The van der Waals surface area contributed by atoms with Gasteiger partial charge in [-0.2, -0.15) is 0 Å². The summed E-state index contributed by atoms with van der Waals surface area (Å²) in [7, 11) is 0. The molecule has 172 valence electrons. The van der Waals surface area contributed by atoms with Gasteiger partial charge in [0.05, 0.1) is 12.2 Å². The van der Waals surface area contributed by atoms with Gasteiger partial charge in [-0.25, -0.2) is 0 Å². The van der Waals surface area contributed by atoms with Gasteiger partial charge in [-0.1, -0.05) is 30.4 Å². The fourth-order valence-electron chi connectivity index (χ4n) is 4.79. The number of esters is 1. The third kappa shape index (κ3) is 7.97. The minimum Gasteiger partial charge on any atom is -0.491 e. The minimum atomic E-state index is -0.607. The molecule has 1 aromatic rings. The van der Waals surface area contributed by atoms with Crippen molar-refractivity contribution in [2.45, 2.75) is 77.1 Å². The van der Waals surface area contributed by atoms with Gasteiger partial charge in [-0.3, -0.25) is 4.79 Å². The summed E-state index contributed by atoms with van der Waals surface area (Å²) in [6.45, 7) is 4.83. The number of carbonyl (C=O) groups is 1. The van der Waals surface area contributed by atoms with Gasteiger partial charge in [-0.05, 0) is 82.3 Å². The number of aliphatic hydroxyl groups excluding tert-OH is 1. The van der Waals surface area contributed by atoms with Crippen molar-refractivity contribution in [1.29, 1.82) is 0 Å². The van der Waals surface area contributed by atoms with Gasteiger partial charge >= 0.3 is 5.97 Å². The number of hydrogen-bond acceptors (Lipinski definition) is 5. The zero-order valence-electron chi connectivity index (χ0n) is 18.9. The predicted octanol–water partition coefficient (Wildman–Crippen LogP) is 4.93. The molecule has 1 aromatic carbocycles. The van der Waals surface area contributed by atoms with Gasteiger partial charge in [0.1, 0.15) is 18.5 Å². The molecule has 0 radical (unpaired) electrons. The van der Waals surface area contributed by atoms with E-state index in [1.165, 1.54) is 0 Å². The van der Waals surface area contributed by atoms with Gasteiger partial charge in [0, 0.05) is 13.0 Å². The summed E-state index contributed by atoms with van der Waals surface area (Å²) in [5, 5.41) is 10.3. The second-order valence-corrected chi connectivity index (χ2v) is 9.23. The van der Waals surface area contributed by atoms with Gasteiger partial charge in [0.2, 0.25) is 0 Å². The highest BCUT2D eigenvalue weighted by atomic mass is 16.5.